The van der Waals surface area contributed by atoms with E-state index in [1.54, 1.807) is 11.8 Å². The predicted octanol–water partition coefficient (Wildman–Crippen LogP) is -1.78. The molecule has 20 heavy (non-hydrogen) atoms. The van der Waals surface area contributed by atoms with Gasteiger partial charge in [-0.05, 0) is 5.92 Å². The quantitative estimate of drug-likeness (QED) is 0.571. The highest BCUT2D eigenvalue weighted by Crippen LogP contribution is 1.89. The number of urea groups is 1. The number of nitrogens with zero attached hydrogens (tertiary/aromatic N) is 1. The van der Waals surface area contributed by atoms with Gasteiger partial charge in [-0.25, -0.2) is 4.79 Å². The van der Waals surface area contributed by atoms with Gasteiger partial charge in [0.2, 0.25) is 5.91 Å². The molecule has 0 atom stereocenters. The average molecular weight is 285 g/mol. The van der Waals surface area contributed by atoms with E-state index < -0.39 is 6.03 Å². The lowest BCUT2D eigenvalue weighted by atomic mass is 10.2. The zero-order valence-electron chi connectivity index (χ0n) is 12.5. The molecule has 1 rings (SSSR count). The van der Waals surface area contributed by atoms with Crippen LogP contribution in [0.1, 0.15) is 20.8 Å². The number of nitrogens with one attached hydrogen (secondary N) is 3. The van der Waals surface area contributed by atoms with Gasteiger partial charge in [0.1, 0.15) is 0 Å². The van der Waals surface area contributed by atoms with Gasteiger partial charge < -0.3 is 15.1 Å². The summed E-state index contributed by atoms with van der Waals surface area (Å²) in [6, 6.07) is -0.439. The molecule has 3 N–H and O–H groups in total. The van der Waals surface area contributed by atoms with Crippen molar-refractivity contribution in [2.45, 2.75) is 20.8 Å². The Morgan fingerprint density at radius 2 is 1.80 bits per heavy atom. The monoisotopic (exact) mass is 285 g/mol. The zero-order chi connectivity index (χ0) is 15.1. The third-order valence-corrected chi connectivity index (χ3v) is 3.25. The summed E-state index contributed by atoms with van der Waals surface area (Å²) in [4.78, 5) is 37.2. The number of piperazine rings is 1. The van der Waals surface area contributed by atoms with Crippen molar-refractivity contribution in [2.24, 2.45) is 5.92 Å². The number of carbonyl (C=O) groups is 3. The normalized spacial score (nSPS) is 16.1. The van der Waals surface area contributed by atoms with Crippen LogP contribution in [-0.4, -0.2) is 62.0 Å². The van der Waals surface area contributed by atoms with Crippen LogP contribution in [0.3, 0.4) is 0 Å². The number of imide groups is 1. The molecule has 0 aromatic rings. The molecule has 1 aliphatic heterocycles. The molecule has 0 unspecified atom stereocenters. The molecule has 0 aromatic carbocycles. The predicted molar refractivity (Wildman–Crippen MR) is 74.2 cm³/mol. The van der Waals surface area contributed by atoms with Crippen LogP contribution in [-0.2, 0) is 9.59 Å². The van der Waals surface area contributed by atoms with Crippen molar-refractivity contribution < 1.29 is 19.3 Å². The summed E-state index contributed by atoms with van der Waals surface area (Å²) in [6.07, 6.45) is 0. The maximum Gasteiger partial charge on any atom is 0.321 e. The van der Waals surface area contributed by atoms with Crippen LogP contribution in [0.25, 0.3) is 0 Å². The zero-order valence-corrected chi connectivity index (χ0v) is 12.5. The standard InChI is InChI=1S/C13H24N4O3/c1-10(2)8-14-13(20)15-12(19)9-16-4-6-17(7-5-16)11(3)18/h10H,4-9H2,1-3H3,(H2,14,15,19,20)/p+1. The summed E-state index contributed by atoms with van der Waals surface area (Å²) in [5.41, 5.74) is 0. The number of rotatable bonds is 4. The molecule has 114 valence electrons. The maximum atomic E-state index is 11.7. The molecule has 0 bridgehead atoms. The molecular weight excluding hydrogens is 260 g/mol. The fraction of sp³-hybridized carbons (Fsp3) is 0.769. The van der Waals surface area contributed by atoms with Gasteiger partial charge in [-0.3, -0.25) is 14.9 Å². The van der Waals surface area contributed by atoms with Gasteiger partial charge in [-0.2, -0.15) is 0 Å². The molecule has 0 aromatic heterocycles. The summed E-state index contributed by atoms with van der Waals surface area (Å²) >= 11 is 0. The molecule has 1 heterocycles. The first kappa shape index (κ1) is 16.4. The second-order valence-electron chi connectivity index (χ2n) is 5.58. The van der Waals surface area contributed by atoms with Crippen LogP contribution in [0, 0.1) is 5.92 Å². The van der Waals surface area contributed by atoms with Crippen LogP contribution < -0.4 is 15.5 Å². The lowest BCUT2D eigenvalue weighted by Crippen LogP contribution is -3.15. The fourth-order valence-electron chi connectivity index (χ4n) is 2.05. The molecule has 4 amide bonds. The van der Waals surface area contributed by atoms with E-state index in [9.17, 15) is 14.4 Å². The SMILES string of the molecule is CC(=O)N1CC[NH+](CC(=O)NC(=O)NCC(C)C)CC1. The summed E-state index contributed by atoms with van der Waals surface area (Å²) in [5.74, 6) is 0.139. The van der Waals surface area contributed by atoms with E-state index >= 15 is 0 Å². The Labute approximate surface area is 119 Å². The van der Waals surface area contributed by atoms with Gasteiger partial charge in [-0.1, -0.05) is 13.8 Å². The molecule has 1 fully saturated rings. The number of amides is 4. The summed E-state index contributed by atoms with van der Waals surface area (Å²) < 4.78 is 0. The molecule has 1 aliphatic rings. The second kappa shape index (κ2) is 7.84. The third-order valence-electron chi connectivity index (χ3n) is 3.25. The summed E-state index contributed by atoms with van der Waals surface area (Å²) in [5, 5.41) is 4.97. The Kier molecular flexibility index (Phi) is 6.44. The topological polar surface area (TPSA) is 83.0 Å². The van der Waals surface area contributed by atoms with Gasteiger partial charge in [0.25, 0.3) is 5.91 Å². The van der Waals surface area contributed by atoms with Crippen molar-refractivity contribution in [3.05, 3.63) is 0 Å². The molecule has 0 radical (unpaired) electrons. The van der Waals surface area contributed by atoms with Gasteiger partial charge in [-0.15, -0.1) is 0 Å². The highest BCUT2D eigenvalue weighted by Gasteiger charge is 2.23. The van der Waals surface area contributed by atoms with E-state index in [-0.39, 0.29) is 18.4 Å². The molecular formula is C13H25N4O3+. The van der Waals surface area contributed by atoms with Gasteiger partial charge in [0.15, 0.2) is 6.54 Å². The molecule has 1 saturated heterocycles. The van der Waals surface area contributed by atoms with Crippen LogP contribution >= 0.6 is 0 Å². The smallest absolute Gasteiger partial charge is 0.321 e. The summed E-state index contributed by atoms with van der Waals surface area (Å²) in [6.45, 7) is 9.14. The van der Waals surface area contributed by atoms with Crippen molar-refractivity contribution in [1.29, 1.82) is 0 Å². The van der Waals surface area contributed by atoms with Crippen LogP contribution in [0.4, 0.5) is 4.79 Å². The van der Waals surface area contributed by atoms with Crippen molar-refractivity contribution >= 4 is 17.8 Å². The Morgan fingerprint density at radius 1 is 1.20 bits per heavy atom. The van der Waals surface area contributed by atoms with E-state index in [2.05, 4.69) is 10.6 Å². The lowest BCUT2D eigenvalue weighted by Gasteiger charge is -2.31. The first-order valence-electron chi connectivity index (χ1n) is 7.05. The minimum absolute atomic E-state index is 0.0709. The largest absolute Gasteiger partial charge is 0.338 e. The minimum Gasteiger partial charge on any atom is -0.338 e. The van der Waals surface area contributed by atoms with E-state index in [0.29, 0.717) is 25.6 Å². The first-order valence-corrected chi connectivity index (χ1v) is 7.05. The fourth-order valence-corrected chi connectivity index (χ4v) is 2.05. The molecule has 0 aliphatic carbocycles. The van der Waals surface area contributed by atoms with E-state index in [1.165, 1.54) is 0 Å². The Morgan fingerprint density at radius 3 is 2.30 bits per heavy atom. The average Bonchev–Trinajstić information content (AvgIpc) is 2.36. The van der Waals surface area contributed by atoms with Crippen molar-refractivity contribution in [1.82, 2.24) is 15.5 Å². The van der Waals surface area contributed by atoms with Crippen molar-refractivity contribution in [3.8, 4) is 0 Å². The molecule has 7 heteroatoms. The first-order chi connectivity index (χ1) is 9.38. The molecule has 0 spiro atoms. The Balaban J connectivity index is 2.23. The Hall–Kier alpha value is -1.63. The number of hydrogen-bond donors (Lipinski definition) is 3. The van der Waals surface area contributed by atoms with Crippen LogP contribution in [0.2, 0.25) is 0 Å². The van der Waals surface area contributed by atoms with Crippen LogP contribution in [0.15, 0.2) is 0 Å². The van der Waals surface area contributed by atoms with Gasteiger partial charge >= 0.3 is 6.03 Å². The maximum absolute atomic E-state index is 11.7. The lowest BCUT2D eigenvalue weighted by molar-refractivity contribution is -0.896. The number of hydrogen-bond acceptors (Lipinski definition) is 3. The minimum atomic E-state index is -0.439. The van der Waals surface area contributed by atoms with Crippen molar-refractivity contribution in [3.63, 3.8) is 0 Å². The van der Waals surface area contributed by atoms with Gasteiger partial charge in [0.05, 0.1) is 26.2 Å². The molecule has 0 saturated carbocycles. The van der Waals surface area contributed by atoms with E-state index in [4.69, 9.17) is 0 Å². The molecule has 7 nitrogen and oxygen atoms in total. The van der Waals surface area contributed by atoms with E-state index in [1.807, 2.05) is 13.8 Å². The summed E-state index contributed by atoms with van der Waals surface area (Å²) in [7, 11) is 0. The van der Waals surface area contributed by atoms with Gasteiger partial charge in [0, 0.05) is 13.5 Å². The number of quaternary nitrogens is 1. The van der Waals surface area contributed by atoms with Crippen molar-refractivity contribution in [2.75, 3.05) is 39.3 Å². The highest BCUT2D eigenvalue weighted by atomic mass is 16.2. The Bertz CT molecular complexity index is 363. The van der Waals surface area contributed by atoms with E-state index in [0.717, 1.165) is 18.0 Å². The highest BCUT2D eigenvalue weighted by molar-refractivity contribution is 5.94. The third kappa shape index (κ3) is 6.01. The van der Waals surface area contributed by atoms with Crippen LogP contribution in [0.5, 0.6) is 0 Å². The number of carbonyl (C=O) groups excluding carboxylic acids is 3. The second-order valence-corrected chi connectivity index (χ2v) is 5.58.